The third-order valence-electron chi connectivity index (χ3n) is 5.03. The van der Waals surface area contributed by atoms with Crippen LogP contribution in [0.2, 0.25) is 0 Å². The minimum atomic E-state index is 0.942. The van der Waals surface area contributed by atoms with Gasteiger partial charge >= 0.3 is 0 Å². The van der Waals surface area contributed by atoms with Crippen molar-refractivity contribution >= 4 is 38.9 Å². The summed E-state index contributed by atoms with van der Waals surface area (Å²) in [5.41, 5.74) is 7.98. The number of aromatic nitrogens is 1. The third kappa shape index (κ3) is 3.45. The van der Waals surface area contributed by atoms with Crippen molar-refractivity contribution in [3.8, 4) is 0 Å². The molecule has 3 aromatic carbocycles. The van der Waals surface area contributed by atoms with Crippen molar-refractivity contribution in [2.45, 2.75) is 27.2 Å². The summed E-state index contributed by atoms with van der Waals surface area (Å²) in [7, 11) is 0. The van der Waals surface area contributed by atoms with Gasteiger partial charge in [0.25, 0.3) is 0 Å². The molecule has 0 spiro atoms. The molecule has 2 N–H and O–H groups in total. The lowest BCUT2D eigenvalue weighted by Gasteiger charge is -2.15. The predicted molar refractivity (Wildman–Crippen MR) is 117 cm³/mol. The minimum Gasteiger partial charge on any atom is -0.384 e. The van der Waals surface area contributed by atoms with Crippen molar-refractivity contribution in [2.75, 3.05) is 17.2 Å². The second-order valence-electron chi connectivity index (χ2n) is 7.09. The molecule has 0 aliphatic rings. The number of benzene rings is 3. The normalized spacial score (nSPS) is 11.1. The van der Waals surface area contributed by atoms with Crippen LogP contribution in [0.25, 0.3) is 21.8 Å². The highest BCUT2D eigenvalue weighted by Crippen LogP contribution is 2.33. The van der Waals surface area contributed by atoms with Crippen LogP contribution in [-0.4, -0.2) is 11.5 Å². The first-order valence-corrected chi connectivity index (χ1v) is 9.56. The van der Waals surface area contributed by atoms with Gasteiger partial charge in [-0.15, -0.1) is 0 Å². The largest absolute Gasteiger partial charge is 0.384 e. The lowest BCUT2D eigenvalue weighted by Crippen LogP contribution is -2.02. The minimum absolute atomic E-state index is 0.942. The molecule has 27 heavy (non-hydrogen) atoms. The van der Waals surface area contributed by atoms with E-state index < -0.39 is 0 Å². The predicted octanol–water partition coefficient (Wildman–Crippen LogP) is 6.57. The summed E-state index contributed by atoms with van der Waals surface area (Å²) in [6, 6.07) is 21.2. The fourth-order valence-corrected chi connectivity index (χ4v) is 3.40. The Bertz CT molecular complexity index is 1120. The molecule has 136 valence electrons. The number of hydrogen-bond donors (Lipinski definition) is 2. The highest BCUT2D eigenvalue weighted by atomic mass is 14.9. The molecular weight excluding hydrogens is 330 g/mol. The van der Waals surface area contributed by atoms with E-state index in [2.05, 4.69) is 86.0 Å². The summed E-state index contributed by atoms with van der Waals surface area (Å²) in [6.07, 6.45) is 1.08. The fraction of sp³-hybridized carbons (Fsp3) is 0.208. The Labute approximate surface area is 160 Å². The molecule has 0 saturated carbocycles. The number of rotatable bonds is 5. The molecule has 1 heterocycles. The summed E-state index contributed by atoms with van der Waals surface area (Å²) in [5, 5.41) is 9.48. The Balaban J connectivity index is 1.82. The molecule has 0 saturated heterocycles. The average Bonchev–Trinajstić information content (AvgIpc) is 2.68. The molecule has 3 heteroatoms. The van der Waals surface area contributed by atoms with Gasteiger partial charge in [0.1, 0.15) is 0 Å². The van der Waals surface area contributed by atoms with Gasteiger partial charge in [-0.05, 0) is 67.8 Å². The standard InChI is InChI=1S/C24H25N3/c1-4-13-25-24-20-7-5-6-8-22(20)27-23-12-11-19(15-21(23)24)26-18-10-9-16(2)17(3)14-18/h5-12,14-15,26H,4,13H2,1-3H3,(H,25,27). The van der Waals surface area contributed by atoms with Crippen LogP contribution in [0.3, 0.4) is 0 Å². The number of nitrogens with zero attached hydrogens (tertiary/aromatic N) is 1. The molecule has 0 amide bonds. The van der Waals surface area contributed by atoms with Gasteiger partial charge in [-0.1, -0.05) is 31.2 Å². The zero-order valence-electron chi connectivity index (χ0n) is 16.1. The van der Waals surface area contributed by atoms with Crippen molar-refractivity contribution < 1.29 is 0 Å². The molecule has 0 radical (unpaired) electrons. The van der Waals surface area contributed by atoms with Crippen molar-refractivity contribution in [3.05, 3.63) is 71.8 Å². The van der Waals surface area contributed by atoms with Gasteiger partial charge in [0.2, 0.25) is 0 Å². The van der Waals surface area contributed by atoms with E-state index in [0.29, 0.717) is 0 Å². The number of hydrogen-bond acceptors (Lipinski definition) is 3. The van der Waals surface area contributed by atoms with Crippen molar-refractivity contribution in [1.29, 1.82) is 0 Å². The van der Waals surface area contributed by atoms with Crippen LogP contribution in [-0.2, 0) is 0 Å². The van der Waals surface area contributed by atoms with E-state index in [0.717, 1.165) is 40.8 Å². The van der Waals surface area contributed by atoms with E-state index in [9.17, 15) is 0 Å². The maximum absolute atomic E-state index is 4.85. The van der Waals surface area contributed by atoms with Crippen LogP contribution >= 0.6 is 0 Å². The number of anilines is 3. The summed E-state index contributed by atoms with van der Waals surface area (Å²) < 4.78 is 0. The molecule has 4 rings (SSSR count). The zero-order valence-corrected chi connectivity index (χ0v) is 16.1. The van der Waals surface area contributed by atoms with Crippen LogP contribution in [0.15, 0.2) is 60.7 Å². The Kier molecular flexibility index (Phi) is 4.68. The lowest BCUT2D eigenvalue weighted by atomic mass is 10.1. The van der Waals surface area contributed by atoms with E-state index in [1.165, 1.54) is 22.2 Å². The molecule has 0 atom stereocenters. The smallest absolute Gasteiger partial charge is 0.0732 e. The second kappa shape index (κ2) is 7.28. The average molecular weight is 355 g/mol. The number of aryl methyl sites for hydroxylation is 2. The van der Waals surface area contributed by atoms with Crippen molar-refractivity contribution in [2.24, 2.45) is 0 Å². The summed E-state index contributed by atoms with van der Waals surface area (Å²) in [6.45, 7) is 7.41. The molecule has 1 aromatic heterocycles. The van der Waals surface area contributed by atoms with Gasteiger partial charge in [-0.3, -0.25) is 0 Å². The van der Waals surface area contributed by atoms with Crippen molar-refractivity contribution in [3.63, 3.8) is 0 Å². The molecule has 0 unspecified atom stereocenters. The van der Waals surface area contributed by atoms with Crippen molar-refractivity contribution in [1.82, 2.24) is 4.98 Å². The quantitative estimate of drug-likeness (QED) is 0.397. The Hall–Kier alpha value is -3.07. The van der Waals surface area contributed by atoms with E-state index in [1.54, 1.807) is 0 Å². The molecule has 0 bridgehead atoms. The van der Waals surface area contributed by atoms with E-state index >= 15 is 0 Å². The maximum atomic E-state index is 4.85. The Morgan fingerprint density at radius 3 is 2.33 bits per heavy atom. The molecule has 0 fully saturated rings. The lowest BCUT2D eigenvalue weighted by molar-refractivity contribution is 0.983. The first kappa shape index (κ1) is 17.3. The van der Waals surface area contributed by atoms with Crippen LogP contribution < -0.4 is 10.6 Å². The Morgan fingerprint density at radius 2 is 1.52 bits per heavy atom. The van der Waals surface area contributed by atoms with Gasteiger partial charge in [0, 0.05) is 28.7 Å². The molecule has 3 nitrogen and oxygen atoms in total. The second-order valence-corrected chi connectivity index (χ2v) is 7.09. The van der Waals surface area contributed by atoms with Crippen LogP contribution in [0.5, 0.6) is 0 Å². The Morgan fingerprint density at radius 1 is 0.778 bits per heavy atom. The molecule has 0 aliphatic carbocycles. The molecular formula is C24H25N3. The van der Waals surface area contributed by atoms with Gasteiger partial charge in [-0.2, -0.15) is 0 Å². The van der Waals surface area contributed by atoms with Crippen LogP contribution in [0.4, 0.5) is 17.1 Å². The number of nitrogens with one attached hydrogen (secondary N) is 2. The number of fused-ring (bicyclic) bond motifs is 2. The highest BCUT2D eigenvalue weighted by molar-refractivity contribution is 6.08. The van der Waals surface area contributed by atoms with E-state index in [-0.39, 0.29) is 0 Å². The van der Waals surface area contributed by atoms with Crippen LogP contribution in [0, 0.1) is 13.8 Å². The first-order valence-electron chi connectivity index (χ1n) is 9.56. The van der Waals surface area contributed by atoms with Gasteiger partial charge in [0.15, 0.2) is 0 Å². The van der Waals surface area contributed by atoms with Crippen LogP contribution in [0.1, 0.15) is 24.5 Å². The monoisotopic (exact) mass is 355 g/mol. The highest BCUT2D eigenvalue weighted by Gasteiger charge is 2.09. The van der Waals surface area contributed by atoms with Gasteiger partial charge in [0.05, 0.1) is 16.7 Å². The summed E-state index contributed by atoms with van der Waals surface area (Å²) >= 11 is 0. The summed E-state index contributed by atoms with van der Waals surface area (Å²) in [5.74, 6) is 0. The SMILES string of the molecule is CCCNc1c2ccccc2nc2ccc(Nc3ccc(C)c(C)c3)cc12. The fourth-order valence-electron chi connectivity index (χ4n) is 3.40. The van der Waals surface area contributed by atoms with Gasteiger partial charge < -0.3 is 10.6 Å². The topological polar surface area (TPSA) is 37.0 Å². The third-order valence-corrected chi connectivity index (χ3v) is 5.03. The number of para-hydroxylation sites is 1. The molecule has 0 aliphatic heterocycles. The molecule has 4 aromatic rings. The van der Waals surface area contributed by atoms with Gasteiger partial charge in [-0.25, -0.2) is 4.98 Å². The van der Waals surface area contributed by atoms with E-state index in [1.807, 2.05) is 6.07 Å². The maximum Gasteiger partial charge on any atom is 0.0732 e. The van der Waals surface area contributed by atoms with E-state index in [4.69, 9.17) is 4.98 Å². The number of pyridine rings is 1. The summed E-state index contributed by atoms with van der Waals surface area (Å²) in [4.78, 5) is 4.85. The zero-order chi connectivity index (χ0) is 18.8. The first-order chi connectivity index (χ1) is 13.2.